The van der Waals surface area contributed by atoms with Crippen molar-refractivity contribution in [1.82, 2.24) is 10.2 Å². The maximum atomic E-state index is 14.2. The zero-order chi connectivity index (χ0) is 32.4. The zero-order valence-electron chi connectivity index (χ0n) is 23.3. The molecule has 0 radical (unpaired) electrons. The van der Waals surface area contributed by atoms with Gasteiger partial charge < -0.3 is 25.8 Å². The molecule has 0 atom stereocenters. The number of benzene rings is 2. The molecular formula is C28H26F7N5O3S. The third kappa shape index (κ3) is 7.23. The molecule has 1 aliphatic rings. The summed E-state index contributed by atoms with van der Waals surface area (Å²) in [5.41, 5.74) is -3.17. The molecule has 236 valence electrons. The van der Waals surface area contributed by atoms with Crippen LogP contribution in [0, 0.1) is 12.7 Å². The van der Waals surface area contributed by atoms with Crippen molar-refractivity contribution in [2.24, 2.45) is 0 Å². The second-order valence-corrected chi connectivity index (χ2v) is 10.8. The number of hydrogen-bond donors (Lipinski definition) is 3. The van der Waals surface area contributed by atoms with Gasteiger partial charge in [-0.05, 0) is 42.8 Å². The van der Waals surface area contributed by atoms with Crippen molar-refractivity contribution in [3.8, 4) is 0 Å². The number of carbonyl (C=O) groups is 3. The van der Waals surface area contributed by atoms with Crippen LogP contribution in [0.5, 0.6) is 0 Å². The minimum Gasteiger partial charge on any atom is -0.379 e. The lowest BCUT2D eigenvalue weighted by molar-refractivity contribution is -0.143. The minimum absolute atomic E-state index is 0.0528. The third-order valence-corrected chi connectivity index (χ3v) is 8.13. The van der Waals surface area contributed by atoms with E-state index in [0.717, 1.165) is 11.3 Å². The number of hydrogen-bond acceptors (Lipinski definition) is 6. The van der Waals surface area contributed by atoms with Crippen molar-refractivity contribution in [3.05, 3.63) is 75.4 Å². The highest BCUT2D eigenvalue weighted by Gasteiger charge is 2.37. The normalized spacial score (nSPS) is 13.9. The molecule has 44 heavy (non-hydrogen) atoms. The molecule has 1 aliphatic heterocycles. The summed E-state index contributed by atoms with van der Waals surface area (Å²) in [6.45, 7) is 2.12. The first kappa shape index (κ1) is 32.6. The van der Waals surface area contributed by atoms with E-state index in [1.165, 1.54) is 20.0 Å². The van der Waals surface area contributed by atoms with Gasteiger partial charge >= 0.3 is 12.4 Å². The first-order valence-corrected chi connectivity index (χ1v) is 13.9. The van der Waals surface area contributed by atoms with Gasteiger partial charge in [0.15, 0.2) is 0 Å². The lowest BCUT2D eigenvalue weighted by atomic mass is 10.1. The second kappa shape index (κ2) is 12.7. The summed E-state index contributed by atoms with van der Waals surface area (Å²) in [6, 6.07) is 6.94. The number of rotatable bonds is 7. The molecule has 3 N–H and O–H groups in total. The summed E-state index contributed by atoms with van der Waals surface area (Å²) in [5.74, 6) is -2.58. The monoisotopic (exact) mass is 645 g/mol. The predicted octanol–water partition coefficient (Wildman–Crippen LogP) is 5.61. The SMILES string of the molecule is CNc1sc(C(=O)N2CCN(c3ccccc3F)CC2)c(C)c1C(=O)NCC(=O)Nc1cc(C(F)(F)F)cc(C(F)(F)F)c1. The molecule has 1 aromatic heterocycles. The van der Waals surface area contributed by atoms with Crippen molar-refractivity contribution in [2.45, 2.75) is 19.3 Å². The topological polar surface area (TPSA) is 93.8 Å². The van der Waals surface area contributed by atoms with Gasteiger partial charge in [-0.25, -0.2) is 4.39 Å². The van der Waals surface area contributed by atoms with Crippen molar-refractivity contribution in [3.63, 3.8) is 0 Å². The van der Waals surface area contributed by atoms with Gasteiger partial charge in [0.05, 0.1) is 33.8 Å². The summed E-state index contributed by atoms with van der Waals surface area (Å²) in [5, 5.41) is 7.37. The quantitative estimate of drug-likeness (QED) is 0.291. The molecule has 1 saturated heterocycles. The number of halogens is 7. The largest absolute Gasteiger partial charge is 0.416 e. The summed E-state index contributed by atoms with van der Waals surface area (Å²) < 4.78 is 92.9. The van der Waals surface area contributed by atoms with Crippen LogP contribution in [-0.2, 0) is 17.1 Å². The number of nitrogens with zero attached hydrogens (tertiary/aromatic N) is 2. The van der Waals surface area contributed by atoms with Gasteiger partial charge in [0.1, 0.15) is 10.8 Å². The van der Waals surface area contributed by atoms with Gasteiger partial charge in [0.25, 0.3) is 11.8 Å². The molecule has 3 amide bonds. The Morgan fingerprint density at radius 2 is 1.50 bits per heavy atom. The minimum atomic E-state index is -5.10. The van der Waals surface area contributed by atoms with Crippen LogP contribution in [0.2, 0.25) is 0 Å². The average Bonchev–Trinajstić information content (AvgIpc) is 3.31. The molecule has 0 unspecified atom stereocenters. The van der Waals surface area contributed by atoms with E-state index in [-0.39, 0.29) is 28.2 Å². The van der Waals surface area contributed by atoms with E-state index in [4.69, 9.17) is 0 Å². The van der Waals surface area contributed by atoms with Crippen molar-refractivity contribution in [2.75, 3.05) is 55.3 Å². The highest BCUT2D eigenvalue weighted by Crippen LogP contribution is 2.38. The first-order chi connectivity index (χ1) is 20.6. The Hall–Kier alpha value is -4.34. The summed E-state index contributed by atoms with van der Waals surface area (Å²) in [7, 11) is 1.52. The van der Waals surface area contributed by atoms with Crippen LogP contribution in [0.25, 0.3) is 0 Å². The van der Waals surface area contributed by atoms with Crippen molar-refractivity contribution >= 4 is 45.4 Å². The number of piperazine rings is 1. The molecule has 3 aromatic rings. The molecule has 0 saturated carbocycles. The number of amides is 3. The molecule has 2 heterocycles. The fourth-order valence-corrected chi connectivity index (χ4v) is 5.78. The van der Waals surface area contributed by atoms with Crippen LogP contribution in [0.15, 0.2) is 42.5 Å². The van der Waals surface area contributed by atoms with E-state index < -0.39 is 47.5 Å². The smallest absolute Gasteiger partial charge is 0.379 e. The Morgan fingerprint density at radius 1 is 0.909 bits per heavy atom. The van der Waals surface area contributed by atoms with Crippen LogP contribution in [0.1, 0.15) is 36.7 Å². The lowest BCUT2D eigenvalue weighted by Gasteiger charge is -2.36. The number of para-hydroxylation sites is 1. The molecule has 1 fully saturated rings. The molecular weight excluding hydrogens is 619 g/mol. The van der Waals surface area contributed by atoms with E-state index in [1.807, 2.05) is 10.2 Å². The van der Waals surface area contributed by atoms with Crippen LogP contribution in [0.3, 0.4) is 0 Å². The van der Waals surface area contributed by atoms with E-state index in [2.05, 4.69) is 10.6 Å². The highest BCUT2D eigenvalue weighted by atomic mass is 32.1. The van der Waals surface area contributed by atoms with Crippen LogP contribution < -0.4 is 20.9 Å². The maximum Gasteiger partial charge on any atom is 0.416 e. The Kier molecular flexibility index (Phi) is 9.41. The fourth-order valence-electron chi connectivity index (χ4n) is 4.65. The van der Waals surface area contributed by atoms with Gasteiger partial charge in [-0.1, -0.05) is 12.1 Å². The molecule has 0 bridgehead atoms. The average molecular weight is 646 g/mol. The van der Waals surface area contributed by atoms with Crippen LogP contribution in [0.4, 0.5) is 47.1 Å². The summed E-state index contributed by atoms with van der Waals surface area (Å²) >= 11 is 1.01. The van der Waals surface area contributed by atoms with Gasteiger partial charge in [-0.2, -0.15) is 26.3 Å². The number of carbonyl (C=O) groups excluding carboxylic acids is 3. The Labute approximate surface area is 250 Å². The number of alkyl halides is 6. The van der Waals surface area contributed by atoms with Crippen molar-refractivity contribution < 1.29 is 45.1 Å². The van der Waals surface area contributed by atoms with Crippen LogP contribution in [-0.4, -0.2) is 62.4 Å². The molecule has 16 heteroatoms. The van der Waals surface area contributed by atoms with E-state index in [0.29, 0.717) is 54.6 Å². The Bertz CT molecular complexity index is 1530. The first-order valence-electron chi connectivity index (χ1n) is 13.1. The molecule has 4 rings (SSSR count). The van der Waals surface area contributed by atoms with Gasteiger partial charge in [0, 0.05) is 38.9 Å². The summed E-state index contributed by atoms with van der Waals surface area (Å²) in [4.78, 5) is 42.4. The van der Waals surface area contributed by atoms with Crippen molar-refractivity contribution in [1.29, 1.82) is 0 Å². The molecule has 0 aliphatic carbocycles. The summed E-state index contributed by atoms with van der Waals surface area (Å²) in [6.07, 6.45) is -10.2. The predicted molar refractivity (Wildman–Crippen MR) is 151 cm³/mol. The van der Waals surface area contributed by atoms with Gasteiger partial charge in [0.2, 0.25) is 5.91 Å². The fraction of sp³-hybridized carbons (Fsp3) is 0.321. The van der Waals surface area contributed by atoms with Gasteiger partial charge in [-0.3, -0.25) is 14.4 Å². The third-order valence-electron chi connectivity index (χ3n) is 6.84. The molecule has 0 spiro atoms. The molecule has 2 aromatic carbocycles. The van der Waals surface area contributed by atoms with Crippen LogP contribution >= 0.6 is 11.3 Å². The Balaban J connectivity index is 1.42. The highest BCUT2D eigenvalue weighted by molar-refractivity contribution is 7.18. The van der Waals surface area contributed by atoms with E-state index in [9.17, 15) is 45.1 Å². The standard InChI is InChI=1S/C28H26F7N5O3S/c1-15-22(24(42)37-14-21(41)38-18-12-16(27(30,31)32)11-17(13-18)28(33,34)35)25(36-2)44-23(15)26(43)40-9-7-39(8-10-40)20-6-4-3-5-19(20)29/h3-6,11-13,36H,7-10,14H2,1-2H3,(H,37,42)(H,38,41). The number of nitrogens with one attached hydrogen (secondary N) is 3. The lowest BCUT2D eigenvalue weighted by Crippen LogP contribution is -2.49. The van der Waals surface area contributed by atoms with E-state index >= 15 is 0 Å². The number of thiophene rings is 1. The number of anilines is 3. The van der Waals surface area contributed by atoms with E-state index in [1.54, 1.807) is 23.1 Å². The van der Waals surface area contributed by atoms with Gasteiger partial charge in [-0.15, -0.1) is 11.3 Å². The molecule has 8 nitrogen and oxygen atoms in total. The maximum absolute atomic E-state index is 14.2. The zero-order valence-corrected chi connectivity index (χ0v) is 24.1. The Morgan fingerprint density at radius 3 is 2.05 bits per heavy atom. The second-order valence-electron chi connectivity index (χ2n) is 9.77.